The first-order chi connectivity index (χ1) is 12.0. The van der Waals surface area contributed by atoms with Crippen molar-refractivity contribution in [2.75, 3.05) is 7.11 Å². The average Bonchev–Trinajstić information content (AvgIpc) is 2.62. The molecule has 0 aliphatic carbocycles. The Balaban J connectivity index is 1.72. The molecule has 1 atom stereocenters. The molecule has 3 aromatic rings. The molecule has 0 aliphatic rings. The van der Waals surface area contributed by atoms with Gasteiger partial charge >= 0.3 is 5.97 Å². The van der Waals surface area contributed by atoms with E-state index in [9.17, 15) is 9.18 Å². The van der Waals surface area contributed by atoms with Crippen LogP contribution in [-0.4, -0.2) is 29.2 Å². The van der Waals surface area contributed by atoms with Crippen LogP contribution in [0.3, 0.4) is 0 Å². The molecular weight excluding hydrogens is 327 g/mol. The van der Waals surface area contributed by atoms with Crippen molar-refractivity contribution < 1.29 is 23.4 Å². The molecule has 3 rings (SSSR count). The third kappa shape index (κ3) is 4.00. The summed E-state index contributed by atoms with van der Waals surface area (Å²) in [6.07, 6.45) is 0.752. The maximum absolute atomic E-state index is 13.3. The Morgan fingerprint density at radius 3 is 2.52 bits per heavy atom. The zero-order chi connectivity index (χ0) is 17.8. The molecule has 6 nitrogen and oxygen atoms in total. The number of ether oxygens (including phenoxy) is 3. The minimum atomic E-state index is -0.710. The number of fused-ring (bicyclic) bond motifs is 1. The summed E-state index contributed by atoms with van der Waals surface area (Å²) in [6, 6.07) is 10.8. The van der Waals surface area contributed by atoms with E-state index in [1.54, 1.807) is 37.3 Å². The van der Waals surface area contributed by atoms with Gasteiger partial charge in [-0.2, -0.15) is 0 Å². The van der Waals surface area contributed by atoms with Crippen molar-refractivity contribution in [1.29, 1.82) is 0 Å². The summed E-state index contributed by atoms with van der Waals surface area (Å²) in [4.78, 5) is 19.7. The minimum absolute atomic E-state index is 0.245. The SMILES string of the molecule is COC(=O)C(C)Oc1ccc(Oc2cnc3ccc(F)cc3n2)cc1. The third-order valence-electron chi connectivity index (χ3n) is 3.37. The summed E-state index contributed by atoms with van der Waals surface area (Å²) in [5.41, 5.74) is 0.985. The third-order valence-corrected chi connectivity index (χ3v) is 3.37. The van der Waals surface area contributed by atoms with Gasteiger partial charge in [0.25, 0.3) is 0 Å². The van der Waals surface area contributed by atoms with E-state index in [1.807, 2.05) is 0 Å². The number of rotatable bonds is 5. The van der Waals surface area contributed by atoms with Gasteiger partial charge in [-0.3, -0.25) is 0 Å². The quantitative estimate of drug-likeness (QED) is 0.661. The van der Waals surface area contributed by atoms with Crippen molar-refractivity contribution in [2.24, 2.45) is 0 Å². The van der Waals surface area contributed by atoms with Gasteiger partial charge in [0.05, 0.1) is 24.3 Å². The fraction of sp³-hybridized carbons (Fsp3) is 0.167. The summed E-state index contributed by atoms with van der Waals surface area (Å²) in [7, 11) is 1.30. The number of benzene rings is 2. The molecule has 0 saturated heterocycles. The zero-order valence-corrected chi connectivity index (χ0v) is 13.6. The minimum Gasteiger partial charge on any atom is -0.479 e. The number of methoxy groups -OCH3 is 1. The molecule has 1 heterocycles. The summed E-state index contributed by atoms with van der Waals surface area (Å²) in [5, 5.41) is 0. The molecular formula is C18H15FN2O4. The highest BCUT2D eigenvalue weighted by Crippen LogP contribution is 2.24. The van der Waals surface area contributed by atoms with Crippen LogP contribution in [0.4, 0.5) is 4.39 Å². The van der Waals surface area contributed by atoms with Crippen LogP contribution in [-0.2, 0) is 9.53 Å². The Bertz CT molecular complexity index is 899. The fourth-order valence-corrected chi connectivity index (χ4v) is 2.14. The predicted octanol–water partition coefficient (Wildman–Crippen LogP) is 3.50. The molecule has 0 bridgehead atoms. The molecule has 0 N–H and O–H groups in total. The number of halogens is 1. The van der Waals surface area contributed by atoms with Gasteiger partial charge in [-0.15, -0.1) is 0 Å². The number of aromatic nitrogens is 2. The first-order valence-corrected chi connectivity index (χ1v) is 7.50. The van der Waals surface area contributed by atoms with Crippen LogP contribution in [0, 0.1) is 5.82 Å². The highest BCUT2D eigenvalue weighted by Gasteiger charge is 2.14. The Morgan fingerprint density at radius 1 is 1.08 bits per heavy atom. The molecule has 0 aliphatic heterocycles. The lowest BCUT2D eigenvalue weighted by molar-refractivity contribution is -0.147. The topological polar surface area (TPSA) is 70.5 Å². The van der Waals surface area contributed by atoms with Crippen molar-refractivity contribution in [2.45, 2.75) is 13.0 Å². The molecule has 0 amide bonds. The van der Waals surface area contributed by atoms with Crippen molar-refractivity contribution >= 4 is 17.0 Å². The number of carbonyl (C=O) groups is 1. The predicted molar refractivity (Wildman–Crippen MR) is 88.1 cm³/mol. The molecule has 0 radical (unpaired) electrons. The second kappa shape index (κ2) is 7.12. The summed E-state index contributed by atoms with van der Waals surface area (Å²) in [5.74, 6) is 0.397. The van der Waals surface area contributed by atoms with Gasteiger partial charge in [0, 0.05) is 6.07 Å². The van der Waals surface area contributed by atoms with Crippen LogP contribution in [0.15, 0.2) is 48.7 Å². The molecule has 128 valence electrons. The van der Waals surface area contributed by atoms with E-state index in [-0.39, 0.29) is 11.7 Å². The average molecular weight is 342 g/mol. The normalized spacial score (nSPS) is 11.8. The van der Waals surface area contributed by atoms with Crippen molar-refractivity contribution in [1.82, 2.24) is 9.97 Å². The van der Waals surface area contributed by atoms with Crippen molar-refractivity contribution in [3.8, 4) is 17.4 Å². The van der Waals surface area contributed by atoms with Crippen LogP contribution in [0.1, 0.15) is 6.92 Å². The summed E-state index contributed by atoms with van der Waals surface area (Å²) < 4.78 is 28.9. The summed E-state index contributed by atoms with van der Waals surface area (Å²) >= 11 is 0. The molecule has 1 aromatic heterocycles. The molecule has 0 spiro atoms. The van der Waals surface area contributed by atoms with E-state index in [1.165, 1.54) is 25.4 Å². The molecule has 2 aromatic carbocycles. The van der Waals surface area contributed by atoms with Crippen molar-refractivity contribution in [3.05, 3.63) is 54.5 Å². The van der Waals surface area contributed by atoms with Crippen LogP contribution in [0.25, 0.3) is 11.0 Å². The van der Waals surface area contributed by atoms with E-state index in [0.717, 1.165) is 0 Å². The smallest absolute Gasteiger partial charge is 0.346 e. The molecule has 0 fully saturated rings. The number of nitrogens with zero attached hydrogens (tertiary/aromatic N) is 2. The van der Waals surface area contributed by atoms with E-state index in [2.05, 4.69) is 14.7 Å². The van der Waals surface area contributed by atoms with Crippen LogP contribution < -0.4 is 9.47 Å². The van der Waals surface area contributed by atoms with Gasteiger partial charge in [0.2, 0.25) is 5.88 Å². The Labute approximate surface area is 143 Å². The Morgan fingerprint density at radius 2 is 1.80 bits per heavy atom. The number of hydrogen-bond acceptors (Lipinski definition) is 6. The lowest BCUT2D eigenvalue weighted by Crippen LogP contribution is -2.24. The van der Waals surface area contributed by atoms with Crippen molar-refractivity contribution in [3.63, 3.8) is 0 Å². The van der Waals surface area contributed by atoms with Gasteiger partial charge in [-0.05, 0) is 43.3 Å². The lowest BCUT2D eigenvalue weighted by Gasteiger charge is -2.12. The number of carbonyl (C=O) groups excluding carboxylic acids is 1. The van der Waals surface area contributed by atoms with Gasteiger partial charge in [0.1, 0.15) is 17.3 Å². The van der Waals surface area contributed by atoms with Crippen LogP contribution in [0.5, 0.6) is 17.4 Å². The lowest BCUT2D eigenvalue weighted by atomic mass is 10.3. The van der Waals surface area contributed by atoms with Crippen LogP contribution in [0.2, 0.25) is 0 Å². The fourth-order valence-electron chi connectivity index (χ4n) is 2.14. The van der Waals surface area contributed by atoms with E-state index >= 15 is 0 Å². The van der Waals surface area contributed by atoms with Crippen LogP contribution >= 0.6 is 0 Å². The van der Waals surface area contributed by atoms with E-state index in [4.69, 9.17) is 9.47 Å². The van der Waals surface area contributed by atoms with E-state index < -0.39 is 12.1 Å². The maximum atomic E-state index is 13.3. The maximum Gasteiger partial charge on any atom is 0.346 e. The summed E-state index contributed by atoms with van der Waals surface area (Å²) in [6.45, 7) is 1.60. The highest BCUT2D eigenvalue weighted by atomic mass is 19.1. The van der Waals surface area contributed by atoms with Gasteiger partial charge < -0.3 is 14.2 Å². The first-order valence-electron chi connectivity index (χ1n) is 7.50. The van der Waals surface area contributed by atoms with Gasteiger partial charge in [-0.25, -0.2) is 19.2 Å². The number of esters is 1. The molecule has 25 heavy (non-hydrogen) atoms. The molecule has 7 heteroatoms. The Hall–Kier alpha value is -3.22. The van der Waals surface area contributed by atoms with Gasteiger partial charge in [-0.1, -0.05) is 0 Å². The second-order valence-electron chi connectivity index (χ2n) is 5.20. The Kier molecular flexibility index (Phi) is 4.74. The largest absolute Gasteiger partial charge is 0.479 e. The number of hydrogen-bond donors (Lipinski definition) is 0. The second-order valence-corrected chi connectivity index (χ2v) is 5.20. The standard InChI is InChI=1S/C18H15FN2O4/c1-11(18(22)23-2)24-13-4-6-14(7-5-13)25-17-10-20-15-8-3-12(19)9-16(15)21-17/h3-11H,1-2H3. The zero-order valence-electron chi connectivity index (χ0n) is 13.6. The molecule has 0 saturated carbocycles. The first kappa shape index (κ1) is 16.6. The highest BCUT2D eigenvalue weighted by molar-refractivity contribution is 5.74. The van der Waals surface area contributed by atoms with E-state index in [0.29, 0.717) is 22.5 Å². The van der Waals surface area contributed by atoms with Gasteiger partial charge in [0.15, 0.2) is 6.10 Å². The molecule has 1 unspecified atom stereocenters. The monoisotopic (exact) mass is 342 g/mol.